The minimum Gasteiger partial charge on any atom is -0.484 e. The highest BCUT2D eigenvalue weighted by Crippen LogP contribution is 2.13. The fourth-order valence-corrected chi connectivity index (χ4v) is 1.92. The second-order valence-electron chi connectivity index (χ2n) is 4.37. The minimum atomic E-state index is -0.246. The molecule has 21 heavy (non-hydrogen) atoms. The van der Waals surface area contributed by atoms with E-state index in [1.807, 2.05) is 37.4 Å². The van der Waals surface area contributed by atoms with E-state index in [1.165, 1.54) is 0 Å². The largest absolute Gasteiger partial charge is 0.484 e. The van der Waals surface area contributed by atoms with Gasteiger partial charge < -0.3 is 15.4 Å². The van der Waals surface area contributed by atoms with Gasteiger partial charge in [-0.15, -0.1) is 0 Å². The van der Waals surface area contributed by atoms with Crippen LogP contribution in [-0.2, 0) is 11.3 Å². The number of nitrogens with zero attached hydrogens (tertiary/aromatic N) is 1. The zero-order chi connectivity index (χ0) is 15.1. The Labute approximate surface area is 131 Å². The molecule has 110 valence electrons. The molecule has 1 heterocycles. The molecule has 1 aromatic heterocycles. The number of benzene rings is 1. The molecule has 0 bridgehead atoms. The van der Waals surface area contributed by atoms with E-state index in [0.717, 1.165) is 16.6 Å². The monoisotopic (exact) mass is 349 g/mol. The number of hydrogen-bond donors (Lipinski definition) is 2. The summed E-state index contributed by atoms with van der Waals surface area (Å²) in [6.45, 7) is 0.749. The molecular formula is C15H16BrN3O2. The number of halogens is 1. The summed E-state index contributed by atoms with van der Waals surface area (Å²) < 4.78 is 6.29. The van der Waals surface area contributed by atoms with Gasteiger partial charge in [-0.1, -0.05) is 12.1 Å². The molecule has 0 aliphatic carbocycles. The second-order valence-corrected chi connectivity index (χ2v) is 5.29. The van der Waals surface area contributed by atoms with Crippen LogP contribution in [0, 0.1) is 0 Å². The van der Waals surface area contributed by atoms with Crippen LogP contribution in [0.3, 0.4) is 0 Å². The Morgan fingerprint density at radius 3 is 2.62 bits per heavy atom. The first kappa shape index (κ1) is 15.5. The van der Waals surface area contributed by atoms with Crippen molar-refractivity contribution >= 4 is 27.7 Å². The first-order valence-electron chi connectivity index (χ1n) is 6.45. The van der Waals surface area contributed by atoms with E-state index < -0.39 is 0 Å². The Morgan fingerprint density at radius 2 is 2.00 bits per heavy atom. The van der Waals surface area contributed by atoms with E-state index >= 15 is 0 Å². The van der Waals surface area contributed by atoms with Crippen LogP contribution in [0.15, 0.2) is 47.1 Å². The Morgan fingerprint density at radius 1 is 1.24 bits per heavy atom. The average molecular weight is 350 g/mol. The summed E-state index contributed by atoms with van der Waals surface area (Å²) >= 11 is 3.29. The molecule has 1 amide bonds. The highest BCUT2D eigenvalue weighted by Gasteiger charge is 2.04. The molecule has 0 unspecified atom stereocenters. The quantitative estimate of drug-likeness (QED) is 0.841. The molecule has 6 heteroatoms. The van der Waals surface area contributed by atoms with E-state index in [-0.39, 0.29) is 12.5 Å². The number of hydrogen-bond acceptors (Lipinski definition) is 4. The normalized spacial score (nSPS) is 10.2. The highest BCUT2D eigenvalue weighted by molar-refractivity contribution is 9.10. The van der Waals surface area contributed by atoms with Crippen LogP contribution in [0.4, 0.5) is 5.82 Å². The number of rotatable bonds is 6. The summed E-state index contributed by atoms with van der Waals surface area (Å²) in [6, 6.07) is 11.1. The van der Waals surface area contributed by atoms with Crippen LogP contribution in [0.5, 0.6) is 5.75 Å². The molecule has 0 atom stereocenters. The fraction of sp³-hybridized carbons (Fsp3) is 0.200. The molecule has 0 saturated carbocycles. The second kappa shape index (κ2) is 7.75. The third-order valence-electron chi connectivity index (χ3n) is 2.67. The predicted molar refractivity (Wildman–Crippen MR) is 85.3 cm³/mol. The predicted octanol–water partition coefficient (Wildman–Crippen LogP) is 2.58. The smallest absolute Gasteiger partial charge is 0.263 e. The van der Waals surface area contributed by atoms with Gasteiger partial charge in [0, 0.05) is 17.2 Å². The number of pyridine rings is 1. The molecule has 2 aromatic rings. The zero-order valence-electron chi connectivity index (χ0n) is 11.6. The molecule has 0 aliphatic rings. The van der Waals surface area contributed by atoms with Gasteiger partial charge >= 0.3 is 0 Å². The van der Waals surface area contributed by atoms with E-state index in [1.54, 1.807) is 12.3 Å². The number of carbonyl (C=O) groups is 1. The van der Waals surface area contributed by atoms with E-state index in [0.29, 0.717) is 11.6 Å². The minimum absolute atomic E-state index is 0.0525. The van der Waals surface area contributed by atoms with Gasteiger partial charge in [0.1, 0.15) is 11.6 Å². The van der Waals surface area contributed by atoms with E-state index in [9.17, 15) is 4.79 Å². The van der Waals surface area contributed by atoms with Crippen LogP contribution in [0.25, 0.3) is 0 Å². The fourth-order valence-electron chi connectivity index (χ4n) is 1.69. The third kappa shape index (κ3) is 5.17. The Hall–Kier alpha value is -1.92. The van der Waals surface area contributed by atoms with Crippen LogP contribution in [0.1, 0.15) is 5.56 Å². The molecule has 0 aliphatic heterocycles. The van der Waals surface area contributed by atoms with Crippen molar-refractivity contribution < 1.29 is 9.53 Å². The molecule has 0 radical (unpaired) electrons. The SMILES string of the molecule is CNCc1ccc(OCC(=O)Nc2ccc(Br)cn2)cc1. The summed E-state index contributed by atoms with van der Waals surface area (Å²) in [5.41, 5.74) is 1.16. The number of amides is 1. The number of nitrogens with one attached hydrogen (secondary N) is 2. The number of aromatic nitrogens is 1. The third-order valence-corrected chi connectivity index (χ3v) is 3.14. The van der Waals surface area contributed by atoms with Crippen molar-refractivity contribution in [2.24, 2.45) is 0 Å². The Balaban J connectivity index is 1.81. The lowest BCUT2D eigenvalue weighted by atomic mass is 10.2. The zero-order valence-corrected chi connectivity index (χ0v) is 13.2. The van der Waals surface area contributed by atoms with Crippen molar-refractivity contribution in [3.8, 4) is 5.75 Å². The van der Waals surface area contributed by atoms with Crippen molar-refractivity contribution in [2.75, 3.05) is 19.0 Å². The van der Waals surface area contributed by atoms with Gasteiger partial charge in [-0.25, -0.2) is 4.98 Å². The lowest BCUT2D eigenvalue weighted by Gasteiger charge is -2.08. The highest BCUT2D eigenvalue weighted by atomic mass is 79.9. The maximum Gasteiger partial charge on any atom is 0.263 e. The lowest BCUT2D eigenvalue weighted by molar-refractivity contribution is -0.118. The molecule has 2 rings (SSSR count). The maximum atomic E-state index is 11.7. The standard InChI is InChI=1S/C15H16BrN3O2/c1-17-8-11-2-5-13(6-3-11)21-10-15(20)19-14-7-4-12(16)9-18-14/h2-7,9,17H,8,10H2,1H3,(H,18,19,20). The van der Waals surface area contributed by atoms with Crippen molar-refractivity contribution in [1.82, 2.24) is 10.3 Å². The van der Waals surface area contributed by atoms with E-state index in [2.05, 4.69) is 31.5 Å². The van der Waals surface area contributed by atoms with Crippen molar-refractivity contribution in [3.05, 3.63) is 52.6 Å². The first-order chi connectivity index (χ1) is 10.2. The van der Waals surface area contributed by atoms with Crippen LogP contribution >= 0.6 is 15.9 Å². The van der Waals surface area contributed by atoms with Crippen molar-refractivity contribution in [3.63, 3.8) is 0 Å². The first-order valence-corrected chi connectivity index (χ1v) is 7.24. The summed E-state index contributed by atoms with van der Waals surface area (Å²) in [5, 5.41) is 5.73. The van der Waals surface area contributed by atoms with Gasteiger partial charge in [0.2, 0.25) is 0 Å². The maximum absolute atomic E-state index is 11.7. The van der Waals surface area contributed by atoms with Gasteiger partial charge in [0.25, 0.3) is 5.91 Å². The van der Waals surface area contributed by atoms with Crippen LogP contribution in [0.2, 0.25) is 0 Å². The molecule has 1 aromatic carbocycles. The van der Waals surface area contributed by atoms with Crippen molar-refractivity contribution in [2.45, 2.75) is 6.54 Å². The number of carbonyl (C=O) groups excluding carboxylic acids is 1. The summed E-state index contributed by atoms with van der Waals surface area (Å²) in [5.74, 6) is 0.911. The summed E-state index contributed by atoms with van der Waals surface area (Å²) in [4.78, 5) is 15.8. The topological polar surface area (TPSA) is 63.2 Å². The Kier molecular flexibility index (Phi) is 5.71. The van der Waals surface area contributed by atoms with Gasteiger partial charge in [-0.2, -0.15) is 0 Å². The van der Waals surface area contributed by atoms with Gasteiger partial charge in [-0.3, -0.25) is 4.79 Å². The van der Waals surface area contributed by atoms with Crippen LogP contribution in [-0.4, -0.2) is 24.5 Å². The Bertz CT molecular complexity index is 585. The summed E-state index contributed by atoms with van der Waals surface area (Å²) in [7, 11) is 1.89. The van der Waals surface area contributed by atoms with Gasteiger partial charge in [-0.05, 0) is 52.8 Å². The molecule has 5 nitrogen and oxygen atoms in total. The molecule has 0 fully saturated rings. The van der Waals surface area contributed by atoms with Gasteiger partial charge in [0.15, 0.2) is 6.61 Å². The summed E-state index contributed by atoms with van der Waals surface area (Å²) in [6.07, 6.45) is 1.62. The molecule has 0 saturated heterocycles. The lowest BCUT2D eigenvalue weighted by Crippen LogP contribution is -2.20. The molecule has 2 N–H and O–H groups in total. The molecular weight excluding hydrogens is 334 g/mol. The van der Waals surface area contributed by atoms with Gasteiger partial charge in [0.05, 0.1) is 0 Å². The average Bonchev–Trinajstić information content (AvgIpc) is 2.49. The van der Waals surface area contributed by atoms with Crippen LogP contribution < -0.4 is 15.4 Å². The number of ether oxygens (including phenoxy) is 1. The number of anilines is 1. The van der Waals surface area contributed by atoms with Crippen molar-refractivity contribution in [1.29, 1.82) is 0 Å². The molecule has 0 spiro atoms. The van der Waals surface area contributed by atoms with E-state index in [4.69, 9.17) is 4.74 Å².